The summed E-state index contributed by atoms with van der Waals surface area (Å²) in [5.41, 5.74) is 3.56. The fraction of sp³-hybridized carbons (Fsp3) is 0.150. The van der Waals surface area contributed by atoms with Gasteiger partial charge in [-0.25, -0.2) is 0 Å². The van der Waals surface area contributed by atoms with Gasteiger partial charge in [0.15, 0.2) is 11.3 Å². The second kappa shape index (κ2) is 7.03. The molecular formula is C20H18ClNO3. The number of rotatable bonds is 4. The number of hydrogen-bond donors (Lipinski definition) is 1. The van der Waals surface area contributed by atoms with Gasteiger partial charge in [-0.05, 0) is 43.7 Å². The molecule has 3 aromatic rings. The van der Waals surface area contributed by atoms with Gasteiger partial charge >= 0.3 is 0 Å². The molecule has 1 heterocycles. The van der Waals surface area contributed by atoms with E-state index in [2.05, 4.69) is 5.32 Å². The maximum atomic E-state index is 12.1. The molecule has 0 aliphatic rings. The zero-order valence-electron chi connectivity index (χ0n) is 14.2. The molecule has 0 bridgehead atoms. The van der Waals surface area contributed by atoms with Crippen LogP contribution >= 0.6 is 11.6 Å². The molecule has 4 nitrogen and oxygen atoms in total. The molecule has 0 fully saturated rings. The summed E-state index contributed by atoms with van der Waals surface area (Å²) in [5, 5.41) is 4.24. The van der Waals surface area contributed by atoms with Crippen LogP contribution in [0.1, 0.15) is 16.9 Å². The van der Waals surface area contributed by atoms with Gasteiger partial charge in [-0.2, -0.15) is 0 Å². The van der Waals surface area contributed by atoms with E-state index in [1.165, 1.54) is 6.08 Å². The van der Waals surface area contributed by atoms with Gasteiger partial charge in [0.05, 0.1) is 7.11 Å². The summed E-state index contributed by atoms with van der Waals surface area (Å²) in [4.78, 5) is 12.1. The summed E-state index contributed by atoms with van der Waals surface area (Å²) in [5.74, 6) is 0.880. The Morgan fingerprint density at radius 1 is 1.20 bits per heavy atom. The topological polar surface area (TPSA) is 51.5 Å². The van der Waals surface area contributed by atoms with Crippen molar-refractivity contribution in [1.82, 2.24) is 0 Å². The third-order valence-electron chi connectivity index (χ3n) is 3.82. The first-order valence-electron chi connectivity index (χ1n) is 7.79. The van der Waals surface area contributed by atoms with Gasteiger partial charge in [-0.3, -0.25) is 4.79 Å². The highest BCUT2D eigenvalue weighted by Gasteiger charge is 2.10. The highest BCUT2D eigenvalue weighted by molar-refractivity contribution is 6.31. The zero-order chi connectivity index (χ0) is 18.0. The van der Waals surface area contributed by atoms with E-state index < -0.39 is 0 Å². The van der Waals surface area contributed by atoms with Crippen molar-refractivity contribution in [3.05, 3.63) is 64.4 Å². The molecule has 0 radical (unpaired) electrons. The van der Waals surface area contributed by atoms with Crippen molar-refractivity contribution in [3.63, 3.8) is 0 Å². The summed E-state index contributed by atoms with van der Waals surface area (Å²) in [6.45, 7) is 3.97. The Balaban J connectivity index is 1.79. The van der Waals surface area contributed by atoms with E-state index in [4.69, 9.17) is 20.8 Å². The van der Waals surface area contributed by atoms with Crippen LogP contribution in [0.2, 0.25) is 5.02 Å². The van der Waals surface area contributed by atoms with Crippen LogP contribution in [0.25, 0.3) is 17.0 Å². The van der Waals surface area contributed by atoms with Crippen LogP contribution in [-0.4, -0.2) is 13.0 Å². The monoisotopic (exact) mass is 355 g/mol. The number of furan rings is 1. The summed E-state index contributed by atoms with van der Waals surface area (Å²) in [6, 6.07) is 11.2. The largest absolute Gasteiger partial charge is 0.493 e. The lowest BCUT2D eigenvalue weighted by molar-refractivity contribution is -0.111. The quantitative estimate of drug-likeness (QED) is 0.640. The number of anilines is 1. The highest BCUT2D eigenvalue weighted by atomic mass is 35.5. The van der Waals surface area contributed by atoms with Gasteiger partial charge in [-0.15, -0.1) is 0 Å². The van der Waals surface area contributed by atoms with E-state index in [0.717, 1.165) is 22.2 Å². The van der Waals surface area contributed by atoms with Crippen molar-refractivity contribution in [2.24, 2.45) is 0 Å². The molecule has 128 valence electrons. The first-order chi connectivity index (χ1) is 12.0. The SMILES string of the molecule is COc1cc(Cl)cc2cc(/C=C/C(=O)Nc3ccc(C)cc3C)oc12. The zero-order valence-corrected chi connectivity index (χ0v) is 15.0. The van der Waals surface area contributed by atoms with Crippen molar-refractivity contribution in [3.8, 4) is 5.75 Å². The third-order valence-corrected chi connectivity index (χ3v) is 4.04. The van der Waals surface area contributed by atoms with Crippen molar-refractivity contribution >= 4 is 40.2 Å². The Hall–Kier alpha value is -2.72. The Morgan fingerprint density at radius 2 is 2.00 bits per heavy atom. The molecule has 0 spiro atoms. The maximum absolute atomic E-state index is 12.1. The van der Waals surface area contributed by atoms with Gasteiger partial charge in [0.25, 0.3) is 0 Å². The molecule has 0 saturated heterocycles. The molecule has 0 aliphatic carbocycles. The minimum absolute atomic E-state index is 0.225. The van der Waals surface area contributed by atoms with Crippen LogP contribution in [0.5, 0.6) is 5.75 Å². The number of fused-ring (bicyclic) bond motifs is 1. The van der Waals surface area contributed by atoms with Crippen molar-refractivity contribution in [2.75, 3.05) is 12.4 Å². The fourth-order valence-electron chi connectivity index (χ4n) is 2.63. The number of amides is 1. The normalized spacial score (nSPS) is 11.2. The number of halogens is 1. The number of carbonyl (C=O) groups excluding carboxylic acids is 1. The molecule has 0 saturated carbocycles. The molecule has 5 heteroatoms. The van der Waals surface area contributed by atoms with Crippen molar-refractivity contribution < 1.29 is 13.9 Å². The molecule has 0 atom stereocenters. The van der Waals surface area contributed by atoms with Gasteiger partial charge in [0.1, 0.15) is 5.76 Å². The average molecular weight is 356 g/mol. The Morgan fingerprint density at radius 3 is 2.72 bits per heavy atom. The standard InChI is InChI=1S/C20H18ClNO3/c1-12-4-6-17(13(2)8-12)22-19(23)7-5-16-10-14-9-15(21)11-18(24-3)20(14)25-16/h4-11H,1-3H3,(H,22,23)/b7-5+. The molecule has 1 amide bonds. The van der Waals surface area contributed by atoms with E-state index in [-0.39, 0.29) is 5.91 Å². The Bertz CT molecular complexity index is 972. The van der Waals surface area contributed by atoms with E-state index in [1.807, 2.05) is 38.1 Å². The van der Waals surface area contributed by atoms with Crippen LogP contribution in [0.15, 0.2) is 46.9 Å². The predicted octanol–water partition coefficient (Wildman–Crippen LogP) is 5.36. The summed E-state index contributed by atoms with van der Waals surface area (Å²) in [6.07, 6.45) is 3.05. The molecule has 2 aromatic carbocycles. The van der Waals surface area contributed by atoms with E-state index in [1.54, 1.807) is 25.3 Å². The lowest BCUT2D eigenvalue weighted by Crippen LogP contribution is -2.08. The van der Waals surface area contributed by atoms with Gasteiger partial charge in [0, 0.05) is 28.2 Å². The average Bonchev–Trinajstić information content (AvgIpc) is 2.97. The molecule has 1 N–H and O–H groups in total. The molecule has 0 aliphatic heterocycles. The Kier molecular flexibility index (Phi) is 4.81. The molecule has 1 aromatic heterocycles. The van der Waals surface area contributed by atoms with Crippen LogP contribution < -0.4 is 10.1 Å². The number of nitrogens with one attached hydrogen (secondary N) is 1. The first kappa shape index (κ1) is 17.1. The number of ether oxygens (including phenoxy) is 1. The predicted molar refractivity (Wildman–Crippen MR) is 101 cm³/mol. The molecular weight excluding hydrogens is 338 g/mol. The van der Waals surface area contributed by atoms with Gasteiger partial charge in [0.2, 0.25) is 5.91 Å². The minimum Gasteiger partial charge on any atom is -0.493 e. The van der Waals surface area contributed by atoms with Crippen LogP contribution in [0.4, 0.5) is 5.69 Å². The number of aryl methyl sites for hydroxylation is 2. The molecule has 25 heavy (non-hydrogen) atoms. The molecule has 0 unspecified atom stereocenters. The smallest absolute Gasteiger partial charge is 0.248 e. The minimum atomic E-state index is -0.225. The van der Waals surface area contributed by atoms with Crippen molar-refractivity contribution in [2.45, 2.75) is 13.8 Å². The number of benzene rings is 2. The van der Waals surface area contributed by atoms with Gasteiger partial charge in [-0.1, -0.05) is 29.3 Å². The Labute approximate surface area is 151 Å². The van der Waals surface area contributed by atoms with Crippen LogP contribution in [0.3, 0.4) is 0 Å². The number of methoxy groups -OCH3 is 1. The van der Waals surface area contributed by atoms with E-state index in [0.29, 0.717) is 22.1 Å². The lowest BCUT2D eigenvalue weighted by Gasteiger charge is -2.06. The highest BCUT2D eigenvalue weighted by Crippen LogP contribution is 2.32. The number of hydrogen-bond acceptors (Lipinski definition) is 3. The van der Waals surface area contributed by atoms with Gasteiger partial charge < -0.3 is 14.5 Å². The summed E-state index contributed by atoms with van der Waals surface area (Å²) >= 11 is 6.05. The van der Waals surface area contributed by atoms with E-state index >= 15 is 0 Å². The lowest BCUT2D eigenvalue weighted by atomic mass is 10.1. The summed E-state index contributed by atoms with van der Waals surface area (Å²) in [7, 11) is 1.56. The third kappa shape index (κ3) is 3.86. The maximum Gasteiger partial charge on any atom is 0.248 e. The first-order valence-corrected chi connectivity index (χ1v) is 8.17. The molecule has 3 rings (SSSR count). The van der Waals surface area contributed by atoms with Crippen molar-refractivity contribution in [1.29, 1.82) is 0 Å². The van der Waals surface area contributed by atoms with Crippen LogP contribution in [0, 0.1) is 13.8 Å². The fourth-order valence-corrected chi connectivity index (χ4v) is 2.84. The summed E-state index contributed by atoms with van der Waals surface area (Å²) < 4.78 is 11.0. The van der Waals surface area contributed by atoms with E-state index in [9.17, 15) is 4.79 Å². The second-order valence-corrected chi connectivity index (χ2v) is 6.25. The second-order valence-electron chi connectivity index (χ2n) is 5.82. The number of carbonyl (C=O) groups is 1. The van der Waals surface area contributed by atoms with Crippen LogP contribution in [-0.2, 0) is 4.79 Å².